The Hall–Kier alpha value is -1.78. The van der Waals surface area contributed by atoms with Crippen molar-refractivity contribution < 1.29 is 14.6 Å². The highest BCUT2D eigenvalue weighted by atomic mass is 35.5. The summed E-state index contributed by atoms with van der Waals surface area (Å²) in [4.78, 5) is 0. The number of rotatable bonds is 7. The van der Waals surface area contributed by atoms with Crippen molar-refractivity contribution in [1.29, 1.82) is 0 Å². The van der Waals surface area contributed by atoms with Crippen LogP contribution in [0, 0.1) is 0 Å². The zero-order valence-electron chi connectivity index (χ0n) is 13.0. The summed E-state index contributed by atoms with van der Waals surface area (Å²) in [5.74, 6) is 1.34. The molecule has 0 heterocycles. The van der Waals surface area contributed by atoms with Gasteiger partial charge < -0.3 is 19.9 Å². The van der Waals surface area contributed by atoms with Crippen LogP contribution in [0.5, 0.6) is 17.2 Å². The normalized spacial score (nSPS) is 10.4. The summed E-state index contributed by atoms with van der Waals surface area (Å²) in [5, 5.41) is 13.2. The number of ether oxygens (including phenoxy) is 2. The van der Waals surface area contributed by atoms with E-state index in [-0.39, 0.29) is 15.8 Å². The highest BCUT2D eigenvalue weighted by Gasteiger charge is 2.08. The minimum atomic E-state index is -0.112. The highest BCUT2D eigenvalue weighted by molar-refractivity contribution is 6.37. The fourth-order valence-electron chi connectivity index (χ4n) is 2.08. The Morgan fingerprint density at radius 3 is 2.17 bits per heavy atom. The van der Waals surface area contributed by atoms with Crippen molar-refractivity contribution in [3.8, 4) is 17.2 Å². The van der Waals surface area contributed by atoms with Gasteiger partial charge in [-0.2, -0.15) is 0 Å². The summed E-state index contributed by atoms with van der Waals surface area (Å²) in [5.41, 5.74) is 1.75. The van der Waals surface area contributed by atoms with Crippen molar-refractivity contribution >= 4 is 28.9 Å². The molecule has 0 amide bonds. The van der Waals surface area contributed by atoms with Crippen LogP contribution in [-0.2, 0) is 6.54 Å². The Morgan fingerprint density at radius 2 is 1.57 bits per heavy atom. The lowest BCUT2D eigenvalue weighted by molar-refractivity contribution is 0.287. The maximum Gasteiger partial charge on any atom is 0.161 e. The van der Waals surface area contributed by atoms with Crippen LogP contribution >= 0.6 is 23.2 Å². The van der Waals surface area contributed by atoms with Gasteiger partial charge in [-0.25, -0.2) is 0 Å². The predicted octanol–water partition coefficient (Wildman–Crippen LogP) is 5.11. The molecule has 23 heavy (non-hydrogen) atoms. The minimum Gasteiger partial charge on any atom is -0.505 e. The van der Waals surface area contributed by atoms with E-state index in [1.807, 2.05) is 32.0 Å². The summed E-state index contributed by atoms with van der Waals surface area (Å²) >= 11 is 11.8. The lowest BCUT2D eigenvalue weighted by Crippen LogP contribution is -2.02. The van der Waals surface area contributed by atoms with Crippen LogP contribution < -0.4 is 14.8 Å². The van der Waals surface area contributed by atoms with Gasteiger partial charge in [-0.05, 0) is 43.7 Å². The monoisotopic (exact) mass is 355 g/mol. The number of phenolic OH excluding ortho intramolecular Hbond substituents is 1. The second kappa shape index (κ2) is 8.18. The van der Waals surface area contributed by atoms with Crippen molar-refractivity contribution in [2.24, 2.45) is 0 Å². The van der Waals surface area contributed by atoms with E-state index in [1.54, 1.807) is 12.1 Å². The molecule has 0 saturated carbocycles. The first-order valence-corrected chi connectivity index (χ1v) is 8.11. The van der Waals surface area contributed by atoms with Crippen LogP contribution in [0.25, 0.3) is 0 Å². The van der Waals surface area contributed by atoms with Crippen molar-refractivity contribution in [3.05, 3.63) is 45.9 Å². The molecular weight excluding hydrogens is 337 g/mol. The van der Waals surface area contributed by atoms with E-state index >= 15 is 0 Å². The second-order valence-corrected chi connectivity index (χ2v) is 5.60. The van der Waals surface area contributed by atoms with Gasteiger partial charge in [0.05, 0.1) is 23.3 Å². The number of nitrogens with one attached hydrogen (secondary N) is 1. The molecule has 2 aromatic rings. The van der Waals surface area contributed by atoms with Crippen LogP contribution in [0.15, 0.2) is 30.3 Å². The Kier molecular flexibility index (Phi) is 6.25. The summed E-state index contributed by atoms with van der Waals surface area (Å²) in [6.07, 6.45) is 0. The topological polar surface area (TPSA) is 50.7 Å². The lowest BCUT2D eigenvalue weighted by Gasteiger charge is -2.13. The van der Waals surface area contributed by atoms with E-state index < -0.39 is 0 Å². The number of benzene rings is 2. The smallest absolute Gasteiger partial charge is 0.161 e. The summed E-state index contributed by atoms with van der Waals surface area (Å²) in [6.45, 7) is 5.58. The molecule has 2 rings (SSSR count). The number of phenols is 1. The molecule has 4 nitrogen and oxygen atoms in total. The maximum atomic E-state index is 9.57. The van der Waals surface area contributed by atoms with E-state index in [4.69, 9.17) is 32.7 Å². The molecule has 0 aliphatic rings. The largest absolute Gasteiger partial charge is 0.505 e. The first-order chi connectivity index (χ1) is 11.0. The van der Waals surface area contributed by atoms with Gasteiger partial charge in [0, 0.05) is 12.2 Å². The van der Waals surface area contributed by atoms with Crippen LogP contribution in [-0.4, -0.2) is 18.3 Å². The van der Waals surface area contributed by atoms with Gasteiger partial charge in [-0.15, -0.1) is 0 Å². The Labute approximate surface area is 145 Å². The van der Waals surface area contributed by atoms with Crippen LogP contribution in [0.1, 0.15) is 19.4 Å². The fraction of sp³-hybridized carbons (Fsp3) is 0.294. The maximum absolute atomic E-state index is 9.57. The van der Waals surface area contributed by atoms with Crippen molar-refractivity contribution in [1.82, 2.24) is 0 Å². The molecule has 6 heteroatoms. The third kappa shape index (κ3) is 4.60. The molecule has 0 atom stereocenters. The number of hydrogen-bond donors (Lipinski definition) is 2. The number of anilines is 1. The molecular formula is C17H19Cl2NO3. The fourth-order valence-corrected chi connectivity index (χ4v) is 2.56. The molecule has 0 radical (unpaired) electrons. The van der Waals surface area contributed by atoms with Gasteiger partial charge in [-0.1, -0.05) is 29.3 Å². The van der Waals surface area contributed by atoms with E-state index in [1.165, 1.54) is 0 Å². The molecule has 0 fully saturated rings. The molecule has 0 aromatic heterocycles. The van der Waals surface area contributed by atoms with Gasteiger partial charge in [0.2, 0.25) is 0 Å². The molecule has 0 bridgehead atoms. The van der Waals surface area contributed by atoms with Crippen molar-refractivity contribution in [2.75, 3.05) is 18.5 Å². The zero-order valence-corrected chi connectivity index (χ0v) is 14.5. The summed E-state index contributed by atoms with van der Waals surface area (Å²) in [7, 11) is 0. The standard InChI is InChI=1S/C17H19Cl2NO3/c1-3-22-15-6-5-11(7-16(15)23-4-2)10-20-12-8-13(18)17(21)14(19)9-12/h5-9,20-21H,3-4,10H2,1-2H3. The second-order valence-electron chi connectivity index (χ2n) is 4.79. The van der Waals surface area contributed by atoms with Crippen LogP contribution in [0.4, 0.5) is 5.69 Å². The van der Waals surface area contributed by atoms with Crippen molar-refractivity contribution in [2.45, 2.75) is 20.4 Å². The molecule has 2 aromatic carbocycles. The third-order valence-electron chi connectivity index (χ3n) is 3.12. The van der Waals surface area contributed by atoms with E-state index in [2.05, 4.69) is 5.32 Å². The first kappa shape index (κ1) is 17.6. The SMILES string of the molecule is CCOc1ccc(CNc2cc(Cl)c(O)c(Cl)c2)cc1OCC. The van der Waals surface area contributed by atoms with Crippen molar-refractivity contribution in [3.63, 3.8) is 0 Å². The quantitative estimate of drug-likeness (QED) is 0.677. The first-order valence-electron chi connectivity index (χ1n) is 7.35. The number of aromatic hydroxyl groups is 1. The Balaban J connectivity index is 2.12. The van der Waals surface area contributed by atoms with E-state index in [9.17, 15) is 5.11 Å². The molecule has 0 spiro atoms. The average Bonchev–Trinajstić information content (AvgIpc) is 2.53. The molecule has 0 aliphatic carbocycles. The molecule has 2 N–H and O–H groups in total. The minimum absolute atomic E-state index is 0.112. The lowest BCUT2D eigenvalue weighted by atomic mass is 10.2. The Morgan fingerprint density at radius 1 is 0.957 bits per heavy atom. The van der Waals surface area contributed by atoms with E-state index in [0.717, 1.165) is 22.7 Å². The number of hydrogen-bond acceptors (Lipinski definition) is 4. The third-order valence-corrected chi connectivity index (χ3v) is 3.70. The molecule has 0 saturated heterocycles. The van der Waals surface area contributed by atoms with Gasteiger partial charge in [0.1, 0.15) is 0 Å². The summed E-state index contributed by atoms with van der Waals surface area (Å²) < 4.78 is 11.2. The van der Waals surface area contributed by atoms with Gasteiger partial charge in [0.15, 0.2) is 17.2 Å². The van der Waals surface area contributed by atoms with E-state index in [0.29, 0.717) is 19.8 Å². The molecule has 0 unspecified atom stereocenters. The summed E-state index contributed by atoms with van der Waals surface area (Å²) in [6, 6.07) is 9.04. The predicted molar refractivity (Wildman–Crippen MR) is 94.2 cm³/mol. The molecule has 0 aliphatic heterocycles. The highest BCUT2D eigenvalue weighted by Crippen LogP contribution is 2.35. The average molecular weight is 356 g/mol. The zero-order chi connectivity index (χ0) is 16.8. The van der Waals surface area contributed by atoms with Gasteiger partial charge in [0.25, 0.3) is 0 Å². The Bertz CT molecular complexity index is 654. The van der Waals surface area contributed by atoms with Crippen LogP contribution in [0.3, 0.4) is 0 Å². The van der Waals surface area contributed by atoms with Gasteiger partial charge >= 0.3 is 0 Å². The number of halogens is 2. The van der Waals surface area contributed by atoms with Gasteiger partial charge in [-0.3, -0.25) is 0 Å². The molecule has 124 valence electrons. The van der Waals surface area contributed by atoms with Crippen LogP contribution in [0.2, 0.25) is 10.0 Å².